The van der Waals surface area contributed by atoms with Crippen LogP contribution in [-0.4, -0.2) is 48.6 Å². The van der Waals surface area contributed by atoms with Crippen LogP contribution in [-0.2, 0) is 16.1 Å². The summed E-state index contributed by atoms with van der Waals surface area (Å²) in [5.41, 5.74) is 6.92. The average Bonchev–Trinajstić information content (AvgIpc) is 2.61. The number of carbonyl (C=O) groups is 2. The zero-order valence-electron chi connectivity index (χ0n) is 14.9. The number of nitrogens with zero attached hydrogens (tertiary/aromatic N) is 1. The molecule has 0 bridgehead atoms. The third kappa shape index (κ3) is 5.42. The van der Waals surface area contributed by atoms with Gasteiger partial charge in [0.2, 0.25) is 5.91 Å². The van der Waals surface area contributed by atoms with Gasteiger partial charge < -0.3 is 20.7 Å². The molecule has 0 unspecified atom stereocenters. The van der Waals surface area contributed by atoms with Gasteiger partial charge in [-0.3, -0.25) is 9.59 Å². The number of hydrogen-bond donors (Lipinski definition) is 2. The second-order valence-electron chi connectivity index (χ2n) is 6.13. The van der Waals surface area contributed by atoms with Crippen LogP contribution in [0.25, 0.3) is 0 Å². The first-order valence-electron chi connectivity index (χ1n) is 8.53. The van der Waals surface area contributed by atoms with E-state index in [0.717, 1.165) is 5.56 Å². The van der Waals surface area contributed by atoms with Crippen LogP contribution in [0, 0.1) is 0 Å². The Bertz CT molecular complexity index is 567. The van der Waals surface area contributed by atoms with Crippen molar-refractivity contribution in [3.8, 4) is 0 Å². The monoisotopic (exact) mass is 369 g/mol. The molecule has 0 saturated carbocycles. The minimum Gasteiger partial charge on any atom is -0.381 e. The van der Waals surface area contributed by atoms with Gasteiger partial charge in [-0.2, -0.15) is 0 Å². The number of carbonyl (C=O) groups excluding carboxylic acids is 2. The van der Waals surface area contributed by atoms with Crippen molar-refractivity contribution in [2.24, 2.45) is 5.73 Å². The van der Waals surface area contributed by atoms with Crippen molar-refractivity contribution in [2.45, 2.75) is 38.8 Å². The number of nitrogens with two attached hydrogens (primary N) is 1. The van der Waals surface area contributed by atoms with Crippen LogP contribution in [0.5, 0.6) is 0 Å². The summed E-state index contributed by atoms with van der Waals surface area (Å²) >= 11 is 0. The van der Waals surface area contributed by atoms with Crippen LogP contribution in [0.1, 0.15) is 42.6 Å². The molecule has 2 amide bonds. The fourth-order valence-electron chi connectivity index (χ4n) is 2.78. The maximum atomic E-state index is 12.3. The van der Waals surface area contributed by atoms with E-state index >= 15 is 0 Å². The predicted octanol–water partition coefficient (Wildman–Crippen LogP) is 1.71. The van der Waals surface area contributed by atoms with Crippen molar-refractivity contribution >= 4 is 24.2 Å². The normalized spacial score (nSPS) is 15.8. The van der Waals surface area contributed by atoms with E-state index in [1.165, 1.54) is 0 Å². The molecule has 0 aliphatic carbocycles. The van der Waals surface area contributed by atoms with E-state index in [1.807, 2.05) is 26.0 Å². The van der Waals surface area contributed by atoms with E-state index < -0.39 is 5.54 Å². The Hall–Kier alpha value is -1.63. The fourth-order valence-corrected chi connectivity index (χ4v) is 2.78. The van der Waals surface area contributed by atoms with Gasteiger partial charge in [0, 0.05) is 38.4 Å². The molecule has 1 fully saturated rings. The van der Waals surface area contributed by atoms with Crippen LogP contribution < -0.4 is 11.1 Å². The van der Waals surface area contributed by atoms with Gasteiger partial charge in [0.1, 0.15) is 0 Å². The van der Waals surface area contributed by atoms with Crippen LogP contribution in [0.2, 0.25) is 0 Å². The zero-order chi connectivity index (χ0) is 17.6. The van der Waals surface area contributed by atoms with Crippen LogP contribution in [0.15, 0.2) is 24.3 Å². The van der Waals surface area contributed by atoms with E-state index in [-0.39, 0.29) is 24.2 Å². The van der Waals surface area contributed by atoms with Crippen LogP contribution >= 0.6 is 12.4 Å². The van der Waals surface area contributed by atoms with Gasteiger partial charge in [0.05, 0.1) is 5.54 Å². The molecular weight excluding hydrogens is 342 g/mol. The summed E-state index contributed by atoms with van der Waals surface area (Å²) in [6.45, 7) is 6.75. The highest BCUT2D eigenvalue weighted by atomic mass is 35.5. The maximum Gasteiger partial charge on any atom is 0.253 e. The number of benzene rings is 1. The molecule has 1 heterocycles. The van der Waals surface area contributed by atoms with Crippen molar-refractivity contribution in [3.05, 3.63) is 35.4 Å². The smallest absolute Gasteiger partial charge is 0.253 e. The highest BCUT2D eigenvalue weighted by Gasteiger charge is 2.35. The van der Waals surface area contributed by atoms with E-state index in [1.54, 1.807) is 17.0 Å². The minimum absolute atomic E-state index is 0. The lowest BCUT2D eigenvalue weighted by Crippen LogP contribution is -2.56. The predicted molar refractivity (Wildman–Crippen MR) is 99.8 cm³/mol. The maximum absolute atomic E-state index is 12.3. The quantitative estimate of drug-likeness (QED) is 0.799. The first-order chi connectivity index (χ1) is 11.5. The Morgan fingerprint density at radius 2 is 1.72 bits per heavy atom. The highest BCUT2D eigenvalue weighted by Crippen LogP contribution is 2.18. The van der Waals surface area contributed by atoms with Crippen molar-refractivity contribution in [3.63, 3.8) is 0 Å². The fraction of sp³-hybridized carbons (Fsp3) is 0.556. The van der Waals surface area contributed by atoms with Gasteiger partial charge in [-0.05, 0) is 44.4 Å². The molecule has 1 aliphatic heterocycles. The summed E-state index contributed by atoms with van der Waals surface area (Å²) in [4.78, 5) is 26.3. The van der Waals surface area contributed by atoms with Gasteiger partial charge >= 0.3 is 0 Å². The first kappa shape index (κ1) is 21.4. The number of amides is 2. The third-order valence-corrected chi connectivity index (χ3v) is 4.54. The lowest BCUT2D eigenvalue weighted by Gasteiger charge is -2.31. The molecule has 1 saturated heterocycles. The summed E-state index contributed by atoms with van der Waals surface area (Å²) in [5, 5.41) is 2.89. The van der Waals surface area contributed by atoms with E-state index in [4.69, 9.17) is 10.5 Å². The summed E-state index contributed by atoms with van der Waals surface area (Å²) in [6, 6.07) is 7.33. The highest BCUT2D eigenvalue weighted by molar-refractivity contribution is 5.94. The minimum atomic E-state index is -0.836. The number of ether oxygens (including phenoxy) is 1. The second-order valence-corrected chi connectivity index (χ2v) is 6.13. The Balaban J connectivity index is 0.00000312. The SMILES string of the molecule is CCN(CC)C(=O)c1ccc(CNC(=O)C2(N)CCOCC2)cc1.Cl. The molecule has 140 valence electrons. The van der Waals surface area contributed by atoms with Crippen molar-refractivity contribution in [1.82, 2.24) is 10.2 Å². The average molecular weight is 370 g/mol. The summed E-state index contributed by atoms with van der Waals surface area (Å²) in [7, 11) is 0. The third-order valence-electron chi connectivity index (χ3n) is 4.54. The molecule has 3 N–H and O–H groups in total. The second kappa shape index (κ2) is 9.75. The Morgan fingerprint density at radius 3 is 2.24 bits per heavy atom. The lowest BCUT2D eigenvalue weighted by molar-refractivity contribution is -0.129. The molecule has 2 rings (SSSR count). The summed E-state index contributed by atoms with van der Waals surface area (Å²) < 4.78 is 5.26. The molecular formula is C18H28ClN3O3. The number of rotatable bonds is 6. The standard InChI is InChI=1S/C18H27N3O3.ClH/c1-3-21(4-2)16(22)15-7-5-14(6-8-15)13-20-17(23)18(19)9-11-24-12-10-18;/h5-8H,3-4,9-13,19H2,1-2H3,(H,20,23);1H. The van der Waals surface area contributed by atoms with Crippen molar-refractivity contribution in [2.75, 3.05) is 26.3 Å². The van der Waals surface area contributed by atoms with Gasteiger partial charge in [0.15, 0.2) is 0 Å². The largest absolute Gasteiger partial charge is 0.381 e. The van der Waals surface area contributed by atoms with Gasteiger partial charge in [-0.1, -0.05) is 12.1 Å². The van der Waals surface area contributed by atoms with Crippen LogP contribution in [0.3, 0.4) is 0 Å². The molecule has 1 aromatic carbocycles. The lowest BCUT2D eigenvalue weighted by atomic mass is 9.90. The van der Waals surface area contributed by atoms with Gasteiger partial charge in [0.25, 0.3) is 5.91 Å². The Kier molecular flexibility index (Phi) is 8.35. The molecule has 7 heteroatoms. The summed E-state index contributed by atoms with van der Waals surface area (Å²) in [6.07, 6.45) is 1.08. The molecule has 0 radical (unpaired) electrons. The van der Waals surface area contributed by atoms with E-state index in [9.17, 15) is 9.59 Å². The number of nitrogens with one attached hydrogen (secondary N) is 1. The first-order valence-corrected chi connectivity index (χ1v) is 8.53. The number of hydrogen-bond acceptors (Lipinski definition) is 4. The van der Waals surface area contributed by atoms with Crippen molar-refractivity contribution in [1.29, 1.82) is 0 Å². The molecule has 0 aromatic heterocycles. The van der Waals surface area contributed by atoms with Crippen LogP contribution in [0.4, 0.5) is 0 Å². The van der Waals surface area contributed by atoms with Crippen molar-refractivity contribution < 1.29 is 14.3 Å². The number of halogens is 1. The molecule has 1 aromatic rings. The van der Waals surface area contributed by atoms with Gasteiger partial charge in [-0.15, -0.1) is 12.4 Å². The topological polar surface area (TPSA) is 84.7 Å². The zero-order valence-corrected chi connectivity index (χ0v) is 15.7. The summed E-state index contributed by atoms with van der Waals surface area (Å²) in [5.74, 6) is -0.118. The van der Waals surface area contributed by atoms with E-state index in [2.05, 4.69) is 5.32 Å². The van der Waals surface area contributed by atoms with E-state index in [0.29, 0.717) is 51.3 Å². The molecule has 6 nitrogen and oxygen atoms in total. The molecule has 0 atom stereocenters. The molecule has 0 spiro atoms. The Morgan fingerprint density at radius 1 is 1.16 bits per heavy atom. The Labute approximate surface area is 155 Å². The molecule has 1 aliphatic rings. The molecule has 25 heavy (non-hydrogen) atoms. The van der Waals surface area contributed by atoms with Gasteiger partial charge in [-0.25, -0.2) is 0 Å².